The third-order valence-corrected chi connectivity index (χ3v) is 3.20. The molecule has 0 spiro atoms. The zero-order valence-electron chi connectivity index (χ0n) is 11.8. The molecule has 4 rings (SSSR count). The molecule has 0 bridgehead atoms. The summed E-state index contributed by atoms with van der Waals surface area (Å²) in [7, 11) is 0. The predicted molar refractivity (Wildman–Crippen MR) is 85.6 cm³/mol. The number of Topliss-reactive ketones (excluding diaryl/α,β-unsaturated/α-hetero) is 1. The third kappa shape index (κ3) is 3.01. The molecule has 0 fully saturated rings. The van der Waals surface area contributed by atoms with E-state index in [0.717, 1.165) is 11.0 Å². The molecular weight excluding hydrogens is 276 g/mol. The maximum atomic E-state index is 11.6. The number of hydrogen-bond donors (Lipinski definition) is 1. The fraction of sp³-hybridized carbons (Fsp3) is 0.0556. The molecule has 0 radical (unpaired) electrons. The number of carbonyl (C=O) groups excluding carboxylic acids is 1. The van der Waals surface area contributed by atoms with Crippen molar-refractivity contribution in [3.8, 4) is 5.75 Å². The number of allylic oxidation sites excluding steroid dienone is 1. The van der Waals surface area contributed by atoms with Gasteiger partial charge in [-0.2, -0.15) is 0 Å². The molecule has 0 saturated heterocycles. The molecule has 1 N–H and O–H groups in total. The number of benzene rings is 2. The Kier molecular flexibility index (Phi) is 3.92. The lowest BCUT2D eigenvalue weighted by Gasteiger charge is -2.08. The Labute approximate surface area is 127 Å². The molecule has 22 heavy (non-hydrogen) atoms. The van der Waals surface area contributed by atoms with Gasteiger partial charge in [0.1, 0.15) is 11.4 Å². The fourth-order valence-electron chi connectivity index (χ4n) is 2.14. The highest BCUT2D eigenvalue weighted by atomic mass is 16.3. The van der Waals surface area contributed by atoms with Crippen molar-refractivity contribution < 1.29 is 9.90 Å². The van der Waals surface area contributed by atoms with Gasteiger partial charge in [0.05, 0.1) is 16.7 Å². The molecule has 3 aromatic rings. The first-order chi connectivity index (χ1) is 10.7. The summed E-state index contributed by atoms with van der Waals surface area (Å²) < 4.78 is 0. The summed E-state index contributed by atoms with van der Waals surface area (Å²) in [5.74, 6) is 0.369. The first kappa shape index (κ1) is 13.9. The summed E-state index contributed by atoms with van der Waals surface area (Å²) in [6.45, 7) is 0. The monoisotopic (exact) mass is 290 g/mol. The second-order valence-electron chi connectivity index (χ2n) is 4.81. The molecular formula is C18H14N2O2. The second kappa shape index (κ2) is 6.18. The topological polar surface area (TPSA) is 63.1 Å². The molecule has 4 heteroatoms. The lowest BCUT2D eigenvalue weighted by Crippen LogP contribution is -2.09. The van der Waals surface area contributed by atoms with Gasteiger partial charge in [-0.15, -0.1) is 0 Å². The number of phenolic OH excluding ortho intramolecular Hbond substituents is 1. The van der Waals surface area contributed by atoms with Crippen LogP contribution in [0.5, 0.6) is 5.75 Å². The van der Waals surface area contributed by atoms with Gasteiger partial charge in [-0.25, -0.2) is 9.97 Å². The van der Waals surface area contributed by atoms with Crippen LogP contribution in [0.15, 0.2) is 60.7 Å². The zero-order chi connectivity index (χ0) is 15.4. The van der Waals surface area contributed by atoms with Crippen molar-refractivity contribution >= 4 is 22.9 Å². The maximum Gasteiger partial charge on any atom is 0.187 e. The molecule has 0 amide bonds. The normalized spacial score (nSPS) is 12.5. The zero-order valence-corrected chi connectivity index (χ0v) is 11.8. The average Bonchev–Trinajstić information content (AvgIpc) is 2.55. The van der Waals surface area contributed by atoms with Crippen LogP contribution in [-0.2, 0) is 0 Å². The summed E-state index contributed by atoms with van der Waals surface area (Å²) in [5.41, 5.74) is 2.79. The summed E-state index contributed by atoms with van der Waals surface area (Å²) in [4.78, 5) is 20.3. The van der Waals surface area contributed by atoms with Crippen molar-refractivity contribution in [3.05, 3.63) is 72.1 Å². The van der Waals surface area contributed by atoms with Gasteiger partial charge in [0, 0.05) is 6.42 Å². The number of rotatable bonds is 0. The van der Waals surface area contributed by atoms with Crippen LogP contribution in [0, 0.1) is 0 Å². The summed E-state index contributed by atoms with van der Waals surface area (Å²) in [6.07, 6.45) is 4.12. The highest BCUT2D eigenvalue weighted by Gasteiger charge is 2.16. The van der Waals surface area contributed by atoms with E-state index in [-0.39, 0.29) is 5.78 Å². The van der Waals surface area contributed by atoms with Crippen LogP contribution >= 0.6 is 0 Å². The Balaban J connectivity index is 0.000000174. The Morgan fingerprint density at radius 1 is 0.864 bits per heavy atom. The van der Waals surface area contributed by atoms with Crippen molar-refractivity contribution in [3.63, 3.8) is 0 Å². The van der Waals surface area contributed by atoms with Crippen molar-refractivity contribution in [2.45, 2.75) is 6.42 Å². The van der Waals surface area contributed by atoms with E-state index in [9.17, 15) is 4.79 Å². The number of carbonyl (C=O) groups is 1. The Hall–Kier alpha value is -3.01. The van der Waals surface area contributed by atoms with E-state index in [2.05, 4.69) is 9.97 Å². The SMILES string of the molecule is O=C1CC=Cc2nc3ccccc3nc21.Oc1ccccc1. The first-order valence-corrected chi connectivity index (χ1v) is 6.94. The van der Waals surface area contributed by atoms with Crippen LogP contribution in [0.25, 0.3) is 17.1 Å². The van der Waals surface area contributed by atoms with Crippen LogP contribution in [0.1, 0.15) is 22.6 Å². The van der Waals surface area contributed by atoms with E-state index in [4.69, 9.17) is 5.11 Å². The van der Waals surface area contributed by atoms with Crippen LogP contribution < -0.4 is 0 Å². The molecule has 4 nitrogen and oxygen atoms in total. The van der Waals surface area contributed by atoms with Crippen LogP contribution in [0.4, 0.5) is 0 Å². The van der Waals surface area contributed by atoms with Gasteiger partial charge in [-0.1, -0.05) is 36.4 Å². The second-order valence-corrected chi connectivity index (χ2v) is 4.81. The van der Waals surface area contributed by atoms with Crippen molar-refractivity contribution in [2.24, 2.45) is 0 Å². The molecule has 1 aliphatic carbocycles. The Morgan fingerprint density at radius 2 is 1.50 bits per heavy atom. The van der Waals surface area contributed by atoms with E-state index in [0.29, 0.717) is 23.6 Å². The minimum absolute atomic E-state index is 0.0470. The minimum atomic E-state index is 0.0470. The van der Waals surface area contributed by atoms with E-state index in [1.54, 1.807) is 24.3 Å². The van der Waals surface area contributed by atoms with Gasteiger partial charge >= 0.3 is 0 Å². The molecule has 0 unspecified atom stereocenters. The van der Waals surface area contributed by atoms with Gasteiger partial charge < -0.3 is 5.11 Å². The van der Waals surface area contributed by atoms with Crippen LogP contribution in [0.2, 0.25) is 0 Å². The van der Waals surface area contributed by atoms with Gasteiger partial charge in [-0.05, 0) is 30.3 Å². The summed E-state index contributed by atoms with van der Waals surface area (Å²) in [5, 5.41) is 8.63. The van der Waals surface area contributed by atoms with Gasteiger partial charge in [0.25, 0.3) is 0 Å². The molecule has 0 atom stereocenters. The molecule has 1 aromatic heterocycles. The molecule has 108 valence electrons. The number of phenols is 1. The highest BCUT2D eigenvalue weighted by molar-refractivity contribution is 6.01. The molecule has 2 aromatic carbocycles. The van der Waals surface area contributed by atoms with Crippen molar-refractivity contribution in [2.75, 3.05) is 0 Å². The quantitative estimate of drug-likeness (QED) is 0.687. The molecule has 1 aliphatic rings. The van der Waals surface area contributed by atoms with Gasteiger partial charge in [0.15, 0.2) is 5.78 Å². The number of para-hydroxylation sites is 3. The van der Waals surface area contributed by atoms with Crippen molar-refractivity contribution in [1.29, 1.82) is 0 Å². The third-order valence-electron chi connectivity index (χ3n) is 3.20. The first-order valence-electron chi connectivity index (χ1n) is 6.94. The largest absolute Gasteiger partial charge is 0.508 e. The maximum absolute atomic E-state index is 11.6. The molecule has 0 saturated carbocycles. The van der Waals surface area contributed by atoms with E-state index in [1.807, 2.05) is 42.5 Å². The summed E-state index contributed by atoms with van der Waals surface area (Å²) >= 11 is 0. The van der Waals surface area contributed by atoms with E-state index >= 15 is 0 Å². The fourth-order valence-corrected chi connectivity index (χ4v) is 2.14. The number of ketones is 1. The van der Waals surface area contributed by atoms with Crippen molar-refractivity contribution in [1.82, 2.24) is 9.97 Å². The number of fused-ring (bicyclic) bond motifs is 2. The predicted octanol–water partition coefficient (Wildman–Crippen LogP) is 3.62. The standard InChI is InChI=1S/C12H8N2O.C6H6O/c15-11-7-3-6-10-12(11)14-9-5-2-1-4-8(9)13-10;7-6-4-2-1-3-5-6/h1-6H,7H2;1-5,7H. The highest BCUT2D eigenvalue weighted by Crippen LogP contribution is 2.18. The van der Waals surface area contributed by atoms with Crippen LogP contribution in [0.3, 0.4) is 0 Å². The Morgan fingerprint density at radius 3 is 2.14 bits per heavy atom. The number of hydrogen-bond acceptors (Lipinski definition) is 4. The lowest BCUT2D eigenvalue weighted by atomic mass is 10.1. The minimum Gasteiger partial charge on any atom is -0.508 e. The average molecular weight is 290 g/mol. The number of aromatic hydroxyl groups is 1. The number of nitrogens with zero attached hydrogens (tertiary/aromatic N) is 2. The van der Waals surface area contributed by atoms with Gasteiger partial charge in [-0.3, -0.25) is 4.79 Å². The van der Waals surface area contributed by atoms with E-state index < -0.39 is 0 Å². The molecule has 0 aliphatic heterocycles. The number of aromatic nitrogens is 2. The van der Waals surface area contributed by atoms with Crippen LogP contribution in [-0.4, -0.2) is 20.9 Å². The van der Waals surface area contributed by atoms with Gasteiger partial charge in [0.2, 0.25) is 0 Å². The molecule has 1 heterocycles. The summed E-state index contributed by atoms with van der Waals surface area (Å²) in [6, 6.07) is 16.3. The van der Waals surface area contributed by atoms with E-state index in [1.165, 1.54) is 0 Å². The lowest BCUT2D eigenvalue weighted by molar-refractivity contribution is 0.0989. The smallest absolute Gasteiger partial charge is 0.187 e. The Bertz CT molecular complexity index is 842.